The molecule has 214 valence electrons. The van der Waals surface area contributed by atoms with Crippen LogP contribution in [0.15, 0.2) is 48.5 Å². The summed E-state index contributed by atoms with van der Waals surface area (Å²) in [5.74, 6) is 0.671. The highest BCUT2D eigenvalue weighted by Gasteiger charge is 2.37. The summed E-state index contributed by atoms with van der Waals surface area (Å²) < 4.78 is 5.32. The number of para-hydroxylation sites is 1. The summed E-state index contributed by atoms with van der Waals surface area (Å²) in [5.41, 5.74) is 7.20. The fraction of sp³-hybridized carbons (Fsp3) is 0.419. The monoisotopic (exact) mass is 548 g/mol. The number of hydrogen-bond donors (Lipinski definition) is 3. The molecule has 2 atom stereocenters. The molecule has 9 nitrogen and oxygen atoms in total. The highest BCUT2D eigenvalue weighted by Crippen LogP contribution is 2.27. The molecule has 2 aromatic rings. The van der Waals surface area contributed by atoms with Gasteiger partial charge in [-0.1, -0.05) is 56.0 Å². The predicted octanol–water partition coefficient (Wildman–Crippen LogP) is 4.44. The Bertz CT molecular complexity index is 1230. The molecule has 2 unspecified atom stereocenters. The van der Waals surface area contributed by atoms with Gasteiger partial charge in [-0.05, 0) is 63.4 Å². The van der Waals surface area contributed by atoms with Gasteiger partial charge < -0.3 is 26.0 Å². The van der Waals surface area contributed by atoms with E-state index in [4.69, 9.17) is 16.9 Å². The number of nitrogens with two attached hydrogens (primary N) is 1. The van der Waals surface area contributed by atoms with Crippen LogP contribution in [0.1, 0.15) is 76.1 Å². The molecular formula is C31H40N4O5. The number of carbonyl (C=O) groups excluding carboxylic acids is 4. The van der Waals surface area contributed by atoms with Crippen LogP contribution >= 0.6 is 0 Å². The van der Waals surface area contributed by atoms with Crippen molar-refractivity contribution in [1.82, 2.24) is 10.2 Å². The molecule has 9 heteroatoms. The molecule has 0 aliphatic carbocycles. The lowest BCUT2D eigenvalue weighted by molar-refractivity contribution is -0.142. The molecule has 0 saturated heterocycles. The van der Waals surface area contributed by atoms with Crippen molar-refractivity contribution >= 4 is 29.5 Å². The number of unbranched alkanes of at least 4 members (excludes halogenated alkanes) is 2. The van der Waals surface area contributed by atoms with Crippen molar-refractivity contribution in [2.45, 2.75) is 78.0 Å². The molecule has 0 bridgehead atoms. The van der Waals surface area contributed by atoms with Gasteiger partial charge in [-0.3, -0.25) is 14.4 Å². The van der Waals surface area contributed by atoms with Crippen LogP contribution in [0.4, 0.5) is 10.5 Å². The Kier molecular flexibility index (Phi) is 11.7. The van der Waals surface area contributed by atoms with Crippen LogP contribution in [0.2, 0.25) is 0 Å². The third kappa shape index (κ3) is 9.77. The number of anilines is 1. The van der Waals surface area contributed by atoms with Crippen LogP contribution in [0, 0.1) is 19.3 Å². The lowest BCUT2D eigenvalue weighted by Gasteiger charge is -2.34. The first kappa shape index (κ1) is 31.9. The molecule has 0 saturated carbocycles. The van der Waals surface area contributed by atoms with E-state index in [0.717, 1.165) is 18.4 Å². The summed E-state index contributed by atoms with van der Waals surface area (Å²) in [4.78, 5) is 53.9. The number of nitrogens with zero attached hydrogens (tertiary/aromatic N) is 1. The maximum absolute atomic E-state index is 14.1. The molecule has 0 aromatic heterocycles. The summed E-state index contributed by atoms with van der Waals surface area (Å²) in [7, 11) is 0. The van der Waals surface area contributed by atoms with Crippen molar-refractivity contribution in [3.63, 3.8) is 0 Å². The van der Waals surface area contributed by atoms with E-state index < -0.39 is 47.9 Å². The second-order valence-corrected chi connectivity index (χ2v) is 10.6. The van der Waals surface area contributed by atoms with E-state index in [1.165, 1.54) is 4.90 Å². The zero-order valence-electron chi connectivity index (χ0n) is 24.0. The number of terminal acetylenes is 1. The lowest BCUT2D eigenvalue weighted by Crippen LogP contribution is -2.53. The smallest absolute Gasteiger partial charge is 0.408 e. The lowest BCUT2D eigenvalue weighted by atomic mass is 9.99. The van der Waals surface area contributed by atoms with Gasteiger partial charge in [-0.25, -0.2) is 4.79 Å². The Balaban J connectivity index is 2.57. The number of primary amides is 1. The van der Waals surface area contributed by atoms with Gasteiger partial charge in [0.15, 0.2) is 0 Å². The van der Waals surface area contributed by atoms with Crippen molar-refractivity contribution in [3.05, 3.63) is 65.2 Å². The van der Waals surface area contributed by atoms with E-state index in [9.17, 15) is 19.2 Å². The summed E-state index contributed by atoms with van der Waals surface area (Å²) in [6, 6.07) is 11.6. The van der Waals surface area contributed by atoms with Crippen molar-refractivity contribution in [1.29, 1.82) is 0 Å². The number of nitrogens with one attached hydrogen (secondary N) is 2. The minimum absolute atomic E-state index is 0.195. The molecule has 4 N–H and O–H groups in total. The quantitative estimate of drug-likeness (QED) is 0.267. The molecule has 0 aliphatic heterocycles. The van der Waals surface area contributed by atoms with Gasteiger partial charge in [-0.2, -0.15) is 0 Å². The molecular weight excluding hydrogens is 508 g/mol. The van der Waals surface area contributed by atoms with Crippen LogP contribution in [0.3, 0.4) is 0 Å². The number of rotatable bonds is 12. The van der Waals surface area contributed by atoms with E-state index in [1.54, 1.807) is 57.2 Å². The molecule has 0 spiro atoms. The fourth-order valence-electron chi connectivity index (χ4n) is 4.10. The SMILES string of the molecule is C#Cc1ccc(C(C(=O)Nc2ccccc2C)N(CCCCC)C(=O)C(CC(N)=O)NC(=O)OC(C)(C)C)cc1. The van der Waals surface area contributed by atoms with E-state index in [-0.39, 0.29) is 6.54 Å². The van der Waals surface area contributed by atoms with Crippen LogP contribution in [-0.2, 0) is 19.1 Å². The molecule has 4 amide bonds. The first-order valence-corrected chi connectivity index (χ1v) is 13.4. The third-order valence-electron chi connectivity index (χ3n) is 6.04. The minimum atomic E-state index is -1.34. The standard InChI is InChI=1S/C31H40N4O5/c1-7-9-12-19-35(29(38)25(20-26(32)36)34-30(39)40-31(4,5)6)27(23-17-15-22(8-2)16-18-23)28(37)33-24-14-11-10-13-21(24)3/h2,10-11,13-18,25,27H,7,9,12,19-20H2,1,3-6H3,(H2,32,36)(H,33,37)(H,34,39). The summed E-state index contributed by atoms with van der Waals surface area (Å²) in [6.07, 6.45) is 6.45. The van der Waals surface area contributed by atoms with Gasteiger partial charge in [0.1, 0.15) is 17.7 Å². The third-order valence-corrected chi connectivity index (χ3v) is 6.04. The highest BCUT2D eigenvalue weighted by molar-refractivity contribution is 6.00. The van der Waals surface area contributed by atoms with E-state index >= 15 is 0 Å². The van der Waals surface area contributed by atoms with Gasteiger partial charge in [0.05, 0.1) is 6.42 Å². The van der Waals surface area contributed by atoms with Gasteiger partial charge in [0.2, 0.25) is 11.8 Å². The fourth-order valence-corrected chi connectivity index (χ4v) is 4.10. The first-order valence-electron chi connectivity index (χ1n) is 13.4. The zero-order valence-corrected chi connectivity index (χ0v) is 24.0. The Morgan fingerprint density at radius 3 is 2.25 bits per heavy atom. The molecule has 0 heterocycles. The number of aryl methyl sites for hydroxylation is 1. The largest absolute Gasteiger partial charge is 0.444 e. The second-order valence-electron chi connectivity index (χ2n) is 10.6. The Labute approximate surface area is 236 Å². The number of benzene rings is 2. The Morgan fingerprint density at radius 1 is 1.05 bits per heavy atom. The van der Waals surface area contributed by atoms with Gasteiger partial charge in [0, 0.05) is 17.8 Å². The van der Waals surface area contributed by atoms with E-state index in [2.05, 4.69) is 16.6 Å². The Morgan fingerprint density at radius 2 is 1.70 bits per heavy atom. The summed E-state index contributed by atoms with van der Waals surface area (Å²) >= 11 is 0. The second kappa shape index (κ2) is 14.7. The van der Waals surface area contributed by atoms with Crippen LogP contribution in [0.25, 0.3) is 0 Å². The predicted molar refractivity (Wildman–Crippen MR) is 155 cm³/mol. The van der Waals surface area contributed by atoms with Crippen molar-refractivity contribution < 1.29 is 23.9 Å². The number of hydrogen-bond acceptors (Lipinski definition) is 5. The highest BCUT2D eigenvalue weighted by atomic mass is 16.6. The zero-order chi connectivity index (χ0) is 29.9. The van der Waals surface area contributed by atoms with E-state index in [1.807, 2.05) is 26.0 Å². The normalized spacial score (nSPS) is 12.4. The maximum Gasteiger partial charge on any atom is 0.408 e. The average Bonchev–Trinajstić information content (AvgIpc) is 2.87. The van der Waals surface area contributed by atoms with Crippen molar-refractivity contribution in [2.75, 3.05) is 11.9 Å². The number of carbonyl (C=O) groups is 4. The van der Waals surface area contributed by atoms with Crippen LogP contribution < -0.4 is 16.4 Å². The van der Waals surface area contributed by atoms with Crippen LogP contribution in [0.5, 0.6) is 0 Å². The van der Waals surface area contributed by atoms with Crippen LogP contribution in [-0.4, -0.2) is 46.9 Å². The molecule has 0 radical (unpaired) electrons. The number of alkyl carbamates (subject to hydrolysis) is 1. The number of ether oxygens (including phenoxy) is 1. The molecule has 0 fully saturated rings. The van der Waals surface area contributed by atoms with Crippen molar-refractivity contribution in [3.8, 4) is 12.3 Å². The van der Waals surface area contributed by atoms with Gasteiger partial charge in [0.25, 0.3) is 5.91 Å². The summed E-state index contributed by atoms with van der Waals surface area (Å²) in [6.45, 7) is 9.12. The average molecular weight is 549 g/mol. The first-order chi connectivity index (χ1) is 18.9. The maximum atomic E-state index is 14.1. The molecule has 0 aliphatic rings. The van der Waals surface area contributed by atoms with E-state index in [0.29, 0.717) is 23.2 Å². The topological polar surface area (TPSA) is 131 Å². The molecule has 2 aromatic carbocycles. The van der Waals surface area contributed by atoms with Gasteiger partial charge >= 0.3 is 6.09 Å². The number of amides is 4. The minimum Gasteiger partial charge on any atom is -0.444 e. The molecule has 2 rings (SSSR count). The van der Waals surface area contributed by atoms with Crippen molar-refractivity contribution in [2.24, 2.45) is 5.73 Å². The Hall–Kier alpha value is -4.32. The molecule has 40 heavy (non-hydrogen) atoms. The summed E-state index contributed by atoms with van der Waals surface area (Å²) in [5, 5.41) is 5.42. The van der Waals surface area contributed by atoms with Gasteiger partial charge in [-0.15, -0.1) is 6.42 Å².